The maximum Gasteiger partial charge on any atom is 0.472 e. The summed E-state index contributed by atoms with van der Waals surface area (Å²) in [6.45, 7) is 0. The van der Waals surface area contributed by atoms with Gasteiger partial charge in [0.1, 0.15) is 0 Å². The van der Waals surface area contributed by atoms with Gasteiger partial charge < -0.3 is 0 Å². The molecule has 0 fully saturated rings. The van der Waals surface area contributed by atoms with Crippen LogP contribution in [0.25, 0.3) is 11.3 Å². The molecule has 0 atom stereocenters. The molecule has 0 spiro atoms. The number of carbonyl (C=O) groups is 1. The predicted octanol–water partition coefficient (Wildman–Crippen LogP) is 2.82. The van der Waals surface area contributed by atoms with E-state index in [2.05, 4.69) is 10.4 Å². The van der Waals surface area contributed by atoms with Crippen LogP contribution in [0.3, 0.4) is 0 Å². The molecule has 2 N–H and O–H groups in total. The molecule has 0 saturated heterocycles. The van der Waals surface area contributed by atoms with E-state index >= 15 is 0 Å². The van der Waals surface area contributed by atoms with Crippen LogP contribution in [0, 0.1) is 0 Å². The summed E-state index contributed by atoms with van der Waals surface area (Å²) >= 11 is 1.09. The maximum absolute atomic E-state index is 12.0. The Bertz CT molecular complexity index is 568. The van der Waals surface area contributed by atoms with Crippen LogP contribution in [0.1, 0.15) is 0 Å². The van der Waals surface area contributed by atoms with E-state index in [0.717, 1.165) is 16.9 Å². The highest BCUT2D eigenvalue weighted by Crippen LogP contribution is 2.24. The first kappa shape index (κ1) is 13.3. The molecule has 1 aromatic carbocycles. The number of anilines is 1. The van der Waals surface area contributed by atoms with Gasteiger partial charge in [-0.05, 0) is 0 Å². The number of amides is 1. The molecule has 1 aromatic heterocycles. The molecule has 8 heteroatoms. The van der Waals surface area contributed by atoms with Gasteiger partial charge >= 0.3 is 12.1 Å². The van der Waals surface area contributed by atoms with Crippen molar-refractivity contribution in [2.75, 3.05) is 5.43 Å². The van der Waals surface area contributed by atoms with Crippen LogP contribution in [-0.4, -0.2) is 17.1 Å². The number of nitrogens with zero attached hydrogens (tertiary/aromatic N) is 1. The molecule has 0 radical (unpaired) electrons. The molecule has 19 heavy (non-hydrogen) atoms. The van der Waals surface area contributed by atoms with Crippen LogP contribution in [-0.2, 0) is 4.79 Å². The molecule has 0 aliphatic heterocycles. The third-order valence-corrected chi connectivity index (χ3v) is 2.87. The smallest absolute Gasteiger partial charge is 0.273 e. The molecule has 0 unspecified atom stereocenters. The van der Waals surface area contributed by atoms with E-state index in [4.69, 9.17) is 0 Å². The number of rotatable bonds is 3. The Hall–Kier alpha value is -2.09. The van der Waals surface area contributed by atoms with Crippen LogP contribution in [0.2, 0.25) is 0 Å². The van der Waals surface area contributed by atoms with Gasteiger partial charge in [-0.15, -0.1) is 11.3 Å². The summed E-state index contributed by atoms with van der Waals surface area (Å²) in [4.78, 5) is 14.7. The van der Waals surface area contributed by atoms with Crippen LogP contribution < -0.4 is 10.9 Å². The number of carbonyl (C=O) groups excluding carboxylic acids is 1. The SMILES string of the molecule is O=C(NNc1nc(-c2ccccc2)cs1)C(F)(F)F. The monoisotopic (exact) mass is 287 g/mol. The van der Waals surface area contributed by atoms with E-state index in [0.29, 0.717) is 5.69 Å². The van der Waals surface area contributed by atoms with Crippen molar-refractivity contribution in [2.45, 2.75) is 6.18 Å². The summed E-state index contributed by atoms with van der Waals surface area (Å²) in [6.07, 6.45) is -4.92. The second-order valence-corrected chi connectivity index (χ2v) is 4.34. The highest BCUT2D eigenvalue weighted by Gasteiger charge is 2.38. The molecule has 2 aromatic rings. The Morgan fingerprint density at radius 1 is 1.21 bits per heavy atom. The summed E-state index contributed by atoms with van der Waals surface area (Å²) < 4.78 is 35.9. The van der Waals surface area contributed by atoms with E-state index in [9.17, 15) is 18.0 Å². The third-order valence-electron chi connectivity index (χ3n) is 2.11. The van der Waals surface area contributed by atoms with Gasteiger partial charge in [0.15, 0.2) is 0 Å². The van der Waals surface area contributed by atoms with E-state index < -0.39 is 12.1 Å². The molecule has 4 nitrogen and oxygen atoms in total. The fraction of sp³-hybridized carbons (Fsp3) is 0.0909. The summed E-state index contributed by atoms with van der Waals surface area (Å²) in [6, 6.07) is 9.15. The predicted molar refractivity (Wildman–Crippen MR) is 65.4 cm³/mol. The van der Waals surface area contributed by atoms with E-state index in [1.54, 1.807) is 5.38 Å². The minimum absolute atomic E-state index is 0.177. The topological polar surface area (TPSA) is 54.0 Å². The highest BCUT2D eigenvalue weighted by molar-refractivity contribution is 7.14. The Labute approximate surface area is 110 Å². The van der Waals surface area contributed by atoms with Crippen molar-refractivity contribution in [2.24, 2.45) is 0 Å². The van der Waals surface area contributed by atoms with Crippen molar-refractivity contribution in [3.63, 3.8) is 0 Å². The van der Waals surface area contributed by atoms with Gasteiger partial charge in [0.2, 0.25) is 5.13 Å². The Kier molecular flexibility index (Phi) is 3.70. The number of alkyl halides is 3. The number of hydrogen-bond acceptors (Lipinski definition) is 4. The third kappa shape index (κ3) is 3.44. The van der Waals surface area contributed by atoms with Crippen LogP contribution in [0.5, 0.6) is 0 Å². The Morgan fingerprint density at radius 2 is 1.89 bits per heavy atom. The lowest BCUT2D eigenvalue weighted by atomic mass is 10.2. The van der Waals surface area contributed by atoms with E-state index in [-0.39, 0.29) is 5.13 Å². The molecule has 2 rings (SSSR count). The fourth-order valence-corrected chi connectivity index (χ4v) is 1.93. The average Bonchev–Trinajstić information content (AvgIpc) is 2.84. The lowest BCUT2D eigenvalue weighted by molar-refractivity contribution is -0.173. The number of nitrogens with one attached hydrogen (secondary N) is 2. The van der Waals surface area contributed by atoms with Crippen molar-refractivity contribution in [1.29, 1.82) is 0 Å². The summed E-state index contributed by atoms with van der Waals surface area (Å²) in [5, 5.41) is 1.86. The molecule has 1 amide bonds. The van der Waals surface area contributed by atoms with Crippen LogP contribution >= 0.6 is 11.3 Å². The van der Waals surface area contributed by atoms with Gasteiger partial charge in [-0.3, -0.25) is 15.6 Å². The van der Waals surface area contributed by atoms with Crippen molar-refractivity contribution >= 4 is 22.4 Å². The minimum atomic E-state index is -4.92. The maximum atomic E-state index is 12.0. The standard InChI is InChI=1S/C11H8F3N3OS/c12-11(13,14)9(18)16-17-10-15-8(6-19-10)7-4-2-1-3-5-7/h1-6H,(H,15,17)(H,16,18). The summed E-state index contributed by atoms with van der Waals surface area (Å²) in [7, 11) is 0. The van der Waals surface area contributed by atoms with Gasteiger partial charge in [-0.2, -0.15) is 13.2 Å². The van der Waals surface area contributed by atoms with Crippen molar-refractivity contribution in [3.8, 4) is 11.3 Å². The lowest BCUT2D eigenvalue weighted by Gasteiger charge is -2.07. The number of hydrogen-bond donors (Lipinski definition) is 2. The van der Waals surface area contributed by atoms with Gasteiger partial charge in [0, 0.05) is 10.9 Å². The fourth-order valence-electron chi connectivity index (χ4n) is 1.25. The first-order valence-corrected chi connectivity index (χ1v) is 5.99. The van der Waals surface area contributed by atoms with Gasteiger partial charge in [-0.1, -0.05) is 30.3 Å². The number of thiazole rings is 1. The molecule has 0 saturated carbocycles. The molecule has 100 valence electrons. The van der Waals surface area contributed by atoms with Gasteiger partial charge in [-0.25, -0.2) is 4.98 Å². The number of halogens is 3. The van der Waals surface area contributed by atoms with Crippen molar-refractivity contribution < 1.29 is 18.0 Å². The van der Waals surface area contributed by atoms with Crippen molar-refractivity contribution in [3.05, 3.63) is 35.7 Å². The minimum Gasteiger partial charge on any atom is -0.273 e. The number of aromatic nitrogens is 1. The molecule has 0 aliphatic carbocycles. The van der Waals surface area contributed by atoms with Gasteiger partial charge in [0.05, 0.1) is 5.69 Å². The Balaban J connectivity index is 2.01. The first-order valence-electron chi connectivity index (χ1n) is 5.11. The lowest BCUT2D eigenvalue weighted by Crippen LogP contribution is -2.40. The quantitative estimate of drug-likeness (QED) is 0.853. The first-order chi connectivity index (χ1) is 8.97. The zero-order valence-corrected chi connectivity index (χ0v) is 10.2. The Morgan fingerprint density at radius 3 is 2.53 bits per heavy atom. The molecular formula is C11H8F3N3OS. The second-order valence-electron chi connectivity index (χ2n) is 3.48. The normalized spacial score (nSPS) is 11.1. The molecule has 1 heterocycles. The van der Waals surface area contributed by atoms with Crippen molar-refractivity contribution in [1.82, 2.24) is 10.4 Å². The van der Waals surface area contributed by atoms with Gasteiger partial charge in [0.25, 0.3) is 0 Å². The zero-order chi connectivity index (χ0) is 13.9. The summed E-state index contributed by atoms with van der Waals surface area (Å²) in [5.41, 5.74) is 5.13. The van der Waals surface area contributed by atoms with E-state index in [1.807, 2.05) is 30.3 Å². The molecule has 0 aliphatic rings. The second kappa shape index (κ2) is 5.27. The zero-order valence-electron chi connectivity index (χ0n) is 9.36. The van der Waals surface area contributed by atoms with Crippen LogP contribution in [0.4, 0.5) is 18.3 Å². The summed E-state index contributed by atoms with van der Waals surface area (Å²) in [5.74, 6) is -2.07. The number of benzene rings is 1. The highest BCUT2D eigenvalue weighted by atomic mass is 32.1. The number of hydrazine groups is 1. The largest absolute Gasteiger partial charge is 0.472 e. The van der Waals surface area contributed by atoms with E-state index in [1.165, 1.54) is 5.43 Å². The molecule has 0 bridgehead atoms. The van der Waals surface area contributed by atoms with Crippen LogP contribution in [0.15, 0.2) is 35.7 Å². The molecular weight excluding hydrogens is 279 g/mol. The average molecular weight is 287 g/mol.